The lowest BCUT2D eigenvalue weighted by Gasteiger charge is -2.28. The van der Waals surface area contributed by atoms with E-state index in [-0.39, 0.29) is 34.8 Å². The number of aromatic amines is 1. The van der Waals surface area contributed by atoms with Gasteiger partial charge in [-0.2, -0.15) is 0 Å². The van der Waals surface area contributed by atoms with Crippen molar-refractivity contribution in [3.63, 3.8) is 0 Å². The van der Waals surface area contributed by atoms with Gasteiger partial charge in [0.1, 0.15) is 5.69 Å². The highest BCUT2D eigenvalue weighted by Crippen LogP contribution is 2.29. The first-order valence-electron chi connectivity index (χ1n) is 5.70. The minimum atomic E-state index is -0.271. The molecule has 108 valence electrons. The molecule has 0 aliphatic carbocycles. The maximum absolute atomic E-state index is 12.1. The summed E-state index contributed by atoms with van der Waals surface area (Å²) < 4.78 is 0. The van der Waals surface area contributed by atoms with Crippen LogP contribution in [0.15, 0.2) is 0 Å². The first-order valence-corrected chi connectivity index (χ1v) is 6.89. The Morgan fingerprint density at radius 2 is 2.05 bits per heavy atom. The Kier molecular flexibility index (Phi) is 6.27. The minimum Gasteiger partial charge on any atom is -0.352 e. The average Bonchev–Trinajstić information content (AvgIpc) is 2.60. The van der Waals surface area contributed by atoms with Gasteiger partial charge in [-0.3, -0.25) is 4.79 Å². The van der Waals surface area contributed by atoms with Gasteiger partial charge < -0.3 is 15.6 Å². The van der Waals surface area contributed by atoms with Gasteiger partial charge in [0, 0.05) is 18.3 Å². The maximum Gasteiger partial charge on any atom is 0.269 e. The van der Waals surface area contributed by atoms with E-state index in [4.69, 9.17) is 34.8 Å². The van der Waals surface area contributed by atoms with E-state index in [9.17, 15) is 4.79 Å². The zero-order valence-corrected chi connectivity index (χ0v) is 13.3. The van der Waals surface area contributed by atoms with E-state index in [0.29, 0.717) is 23.0 Å². The van der Waals surface area contributed by atoms with Crippen molar-refractivity contribution in [3.05, 3.63) is 21.4 Å². The quantitative estimate of drug-likeness (QED) is 0.721. The summed E-state index contributed by atoms with van der Waals surface area (Å²) in [5.41, 5.74) is 0.973. The fourth-order valence-corrected chi connectivity index (χ4v) is 2.67. The molecule has 0 radical (unpaired) electrons. The molecule has 0 spiro atoms. The van der Waals surface area contributed by atoms with Crippen LogP contribution in [0.25, 0.3) is 0 Å². The summed E-state index contributed by atoms with van der Waals surface area (Å²) in [5.74, 6) is -0.271. The van der Waals surface area contributed by atoms with E-state index in [0.717, 1.165) is 13.0 Å². The number of hydrogen-bond acceptors (Lipinski definition) is 2. The van der Waals surface area contributed by atoms with Gasteiger partial charge in [-0.05, 0) is 19.9 Å². The first kappa shape index (κ1) is 16.9. The molecule has 1 aliphatic heterocycles. The van der Waals surface area contributed by atoms with Gasteiger partial charge in [0.25, 0.3) is 5.91 Å². The Balaban J connectivity index is 0.00000180. The summed E-state index contributed by atoms with van der Waals surface area (Å²) in [4.78, 5) is 15.0. The van der Waals surface area contributed by atoms with Crippen LogP contribution < -0.4 is 10.6 Å². The van der Waals surface area contributed by atoms with Gasteiger partial charge in [0.05, 0.1) is 15.4 Å². The van der Waals surface area contributed by atoms with E-state index in [1.54, 1.807) is 6.92 Å². The Bertz CT molecular complexity index is 463. The van der Waals surface area contributed by atoms with E-state index < -0.39 is 0 Å². The van der Waals surface area contributed by atoms with Crippen LogP contribution in [0.3, 0.4) is 0 Å². The number of aryl methyl sites for hydroxylation is 1. The third-order valence-corrected chi connectivity index (χ3v) is 4.41. The molecule has 19 heavy (non-hydrogen) atoms. The smallest absolute Gasteiger partial charge is 0.269 e. The van der Waals surface area contributed by atoms with Crippen LogP contribution in [-0.2, 0) is 0 Å². The number of rotatable bonds is 2. The van der Waals surface area contributed by atoms with Crippen molar-refractivity contribution in [3.8, 4) is 0 Å². The van der Waals surface area contributed by atoms with Gasteiger partial charge in [-0.1, -0.05) is 23.2 Å². The van der Waals surface area contributed by atoms with E-state index in [2.05, 4.69) is 15.6 Å². The summed E-state index contributed by atoms with van der Waals surface area (Å²) in [6.45, 7) is 3.29. The SMILES string of the molecule is Cc1[nH]c(C(=O)N[C@@H]2CCNC[C@@H]2Cl)c(Cl)c1Cl.Cl. The number of halogens is 4. The van der Waals surface area contributed by atoms with Crippen LogP contribution in [0.1, 0.15) is 22.6 Å². The lowest BCUT2D eigenvalue weighted by molar-refractivity contribution is 0.0926. The van der Waals surface area contributed by atoms with E-state index in [1.165, 1.54) is 0 Å². The van der Waals surface area contributed by atoms with Gasteiger partial charge in [-0.15, -0.1) is 24.0 Å². The van der Waals surface area contributed by atoms with Crippen molar-refractivity contribution in [2.75, 3.05) is 13.1 Å². The molecule has 3 N–H and O–H groups in total. The molecule has 1 amide bonds. The number of carbonyl (C=O) groups is 1. The number of carbonyl (C=O) groups excluding carboxylic acids is 1. The highest BCUT2D eigenvalue weighted by molar-refractivity contribution is 6.44. The normalized spacial score (nSPS) is 22.7. The molecule has 0 saturated carbocycles. The second kappa shape index (κ2) is 7.04. The molecule has 8 heteroatoms. The topological polar surface area (TPSA) is 56.9 Å². The summed E-state index contributed by atoms with van der Waals surface area (Å²) in [6.07, 6.45) is 0.797. The van der Waals surface area contributed by atoms with Crippen LogP contribution in [0, 0.1) is 6.92 Å². The van der Waals surface area contributed by atoms with Crippen molar-refractivity contribution >= 4 is 53.1 Å². The molecule has 2 atom stereocenters. The van der Waals surface area contributed by atoms with Crippen LogP contribution in [0.2, 0.25) is 10.0 Å². The average molecular weight is 347 g/mol. The number of piperidine rings is 1. The fraction of sp³-hybridized carbons (Fsp3) is 0.545. The predicted octanol–water partition coefficient (Wildman–Crippen LogP) is 2.75. The number of amides is 1. The Morgan fingerprint density at radius 3 is 2.58 bits per heavy atom. The van der Waals surface area contributed by atoms with Crippen molar-refractivity contribution in [1.29, 1.82) is 0 Å². The molecule has 1 aromatic rings. The maximum atomic E-state index is 12.1. The second-order valence-electron chi connectivity index (χ2n) is 4.34. The molecule has 1 saturated heterocycles. The zero-order valence-electron chi connectivity index (χ0n) is 10.2. The molecule has 0 unspecified atom stereocenters. The second-order valence-corrected chi connectivity index (χ2v) is 5.66. The highest BCUT2D eigenvalue weighted by Gasteiger charge is 2.26. The number of hydrogen-bond donors (Lipinski definition) is 3. The van der Waals surface area contributed by atoms with Crippen molar-refractivity contribution in [1.82, 2.24) is 15.6 Å². The van der Waals surface area contributed by atoms with Crippen LogP contribution >= 0.6 is 47.2 Å². The van der Waals surface area contributed by atoms with Crippen LogP contribution in [0.4, 0.5) is 0 Å². The van der Waals surface area contributed by atoms with Crippen LogP contribution in [0.5, 0.6) is 0 Å². The summed E-state index contributed by atoms with van der Waals surface area (Å²) in [6, 6.07) is -0.0566. The monoisotopic (exact) mass is 345 g/mol. The standard InChI is InChI=1S/C11H14Cl3N3O.ClH/c1-5-8(13)9(14)10(16-5)11(18)17-7-2-3-15-4-6(7)12;/h6-7,15-16H,2-4H2,1H3,(H,17,18);1H/t6-,7+;/m0./s1. The van der Waals surface area contributed by atoms with Crippen molar-refractivity contribution in [2.24, 2.45) is 0 Å². The molecule has 1 fully saturated rings. The molecular weight excluding hydrogens is 332 g/mol. The molecule has 1 aromatic heterocycles. The molecule has 1 aliphatic rings. The van der Waals surface area contributed by atoms with Crippen molar-refractivity contribution < 1.29 is 4.79 Å². The fourth-order valence-electron chi connectivity index (χ4n) is 1.95. The number of alkyl halides is 1. The van der Waals surface area contributed by atoms with Crippen LogP contribution in [-0.4, -0.2) is 35.4 Å². The first-order chi connectivity index (χ1) is 8.50. The molecule has 2 rings (SSSR count). The Labute approximate surface area is 133 Å². The summed E-state index contributed by atoms with van der Waals surface area (Å²) in [7, 11) is 0. The van der Waals surface area contributed by atoms with E-state index in [1.807, 2.05) is 0 Å². The Hall–Kier alpha value is -0.130. The van der Waals surface area contributed by atoms with Gasteiger partial charge in [-0.25, -0.2) is 0 Å². The number of H-pyrrole nitrogens is 1. The van der Waals surface area contributed by atoms with Gasteiger partial charge in [0.2, 0.25) is 0 Å². The molecule has 0 aromatic carbocycles. The number of nitrogens with one attached hydrogen (secondary N) is 3. The predicted molar refractivity (Wildman–Crippen MR) is 81.2 cm³/mol. The largest absolute Gasteiger partial charge is 0.352 e. The highest BCUT2D eigenvalue weighted by atomic mass is 35.5. The summed E-state index contributed by atoms with van der Waals surface area (Å²) in [5, 5.41) is 6.57. The molecular formula is C11H15Cl4N3O. The number of aromatic nitrogens is 1. The van der Waals surface area contributed by atoms with Gasteiger partial charge in [0.15, 0.2) is 0 Å². The summed E-state index contributed by atoms with van der Waals surface area (Å²) >= 11 is 18.1. The lowest BCUT2D eigenvalue weighted by atomic mass is 10.1. The minimum absolute atomic E-state index is 0. The van der Waals surface area contributed by atoms with Gasteiger partial charge >= 0.3 is 0 Å². The molecule has 0 bridgehead atoms. The lowest BCUT2D eigenvalue weighted by Crippen LogP contribution is -2.50. The third kappa shape index (κ3) is 3.70. The zero-order chi connectivity index (χ0) is 13.3. The molecule has 4 nitrogen and oxygen atoms in total. The van der Waals surface area contributed by atoms with Crippen molar-refractivity contribution in [2.45, 2.75) is 24.8 Å². The molecule has 2 heterocycles. The Morgan fingerprint density at radius 1 is 1.37 bits per heavy atom. The van der Waals surface area contributed by atoms with E-state index >= 15 is 0 Å². The third-order valence-electron chi connectivity index (χ3n) is 3.01.